The highest BCUT2D eigenvalue weighted by atomic mass is 32.1. The molecule has 3 N–H and O–H groups in total. The van der Waals surface area contributed by atoms with Gasteiger partial charge < -0.3 is 11.1 Å². The van der Waals surface area contributed by atoms with Crippen LogP contribution in [0.25, 0.3) is 0 Å². The van der Waals surface area contributed by atoms with E-state index < -0.39 is 0 Å². The molecule has 0 saturated carbocycles. The van der Waals surface area contributed by atoms with E-state index in [1.165, 1.54) is 0 Å². The fourth-order valence-corrected chi connectivity index (χ4v) is 2.35. The van der Waals surface area contributed by atoms with Crippen molar-refractivity contribution in [3.05, 3.63) is 16.1 Å². The van der Waals surface area contributed by atoms with Gasteiger partial charge in [-0.05, 0) is 13.3 Å². The lowest BCUT2D eigenvalue weighted by Crippen LogP contribution is -2.27. The molecule has 0 aliphatic carbocycles. The number of carbonyl (C=O) groups is 1. The molecule has 1 unspecified atom stereocenters. The first-order valence-electron chi connectivity index (χ1n) is 6.45. The van der Waals surface area contributed by atoms with Gasteiger partial charge in [0.15, 0.2) is 0 Å². The molecule has 0 aliphatic rings. The number of rotatable bonds is 7. The van der Waals surface area contributed by atoms with Crippen molar-refractivity contribution in [2.45, 2.75) is 52.0 Å². The van der Waals surface area contributed by atoms with Crippen LogP contribution in [0.3, 0.4) is 0 Å². The van der Waals surface area contributed by atoms with Gasteiger partial charge in [0.05, 0.1) is 10.7 Å². The molecule has 102 valence electrons. The number of hydrogen-bond donors (Lipinski definition) is 2. The third kappa shape index (κ3) is 5.60. The summed E-state index contributed by atoms with van der Waals surface area (Å²) in [7, 11) is 0. The maximum atomic E-state index is 11.5. The van der Waals surface area contributed by atoms with E-state index in [1.54, 1.807) is 11.3 Å². The number of hydrogen-bond acceptors (Lipinski definition) is 4. The van der Waals surface area contributed by atoms with E-state index in [-0.39, 0.29) is 11.9 Å². The van der Waals surface area contributed by atoms with Crippen LogP contribution in [0.2, 0.25) is 0 Å². The summed E-state index contributed by atoms with van der Waals surface area (Å²) in [5, 5.41) is 6.13. The molecule has 4 nitrogen and oxygen atoms in total. The molecule has 0 radical (unpaired) electrons. The minimum atomic E-state index is 0.0756. The molecule has 0 aliphatic heterocycles. The average molecular weight is 269 g/mol. The molecule has 0 spiro atoms. The summed E-state index contributed by atoms with van der Waals surface area (Å²) in [6.45, 7) is 6.84. The topological polar surface area (TPSA) is 68.0 Å². The van der Waals surface area contributed by atoms with Crippen LogP contribution in [0.15, 0.2) is 5.38 Å². The molecule has 0 bridgehead atoms. The summed E-state index contributed by atoms with van der Waals surface area (Å²) in [4.78, 5) is 16.0. The number of nitrogens with one attached hydrogen (secondary N) is 1. The average Bonchev–Trinajstić information content (AvgIpc) is 2.75. The van der Waals surface area contributed by atoms with Crippen LogP contribution >= 0.6 is 11.3 Å². The Morgan fingerprint density at radius 2 is 2.22 bits per heavy atom. The Hall–Kier alpha value is -0.940. The summed E-state index contributed by atoms with van der Waals surface area (Å²) in [5.41, 5.74) is 6.67. The van der Waals surface area contributed by atoms with Crippen molar-refractivity contribution in [2.24, 2.45) is 5.73 Å². The van der Waals surface area contributed by atoms with Crippen molar-refractivity contribution in [3.8, 4) is 0 Å². The van der Waals surface area contributed by atoms with Gasteiger partial charge in [-0.25, -0.2) is 4.98 Å². The summed E-state index contributed by atoms with van der Waals surface area (Å²) in [6.07, 6.45) is 2.04. The van der Waals surface area contributed by atoms with Crippen LogP contribution in [-0.2, 0) is 11.2 Å². The summed E-state index contributed by atoms with van der Waals surface area (Å²) >= 11 is 1.69. The van der Waals surface area contributed by atoms with Gasteiger partial charge in [-0.2, -0.15) is 0 Å². The molecular formula is C13H23N3OS. The minimum Gasteiger partial charge on any atom is -0.356 e. The van der Waals surface area contributed by atoms with E-state index in [1.807, 2.05) is 6.92 Å². The summed E-state index contributed by atoms with van der Waals surface area (Å²) in [5.74, 6) is 0.552. The van der Waals surface area contributed by atoms with Crippen LogP contribution in [0, 0.1) is 0 Å². The Morgan fingerprint density at radius 3 is 2.78 bits per heavy atom. The molecule has 5 heteroatoms. The molecule has 1 atom stereocenters. The van der Waals surface area contributed by atoms with Crippen molar-refractivity contribution in [3.63, 3.8) is 0 Å². The molecule has 1 amide bonds. The molecule has 0 saturated heterocycles. The third-order valence-electron chi connectivity index (χ3n) is 2.59. The minimum absolute atomic E-state index is 0.0756. The Balaban J connectivity index is 2.22. The number of amides is 1. The first kappa shape index (κ1) is 15.1. The van der Waals surface area contributed by atoms with Gasteiger partial charge in [0.2, 0.25) is 5.91 Å². The van der Waals surface area contributed by atoms with Crippen LogP contribution in [0.5, 0.6) is 0 Å². The Morgan fingerprint density at radius 1 is 1.50 bits per heavy atom. The molecule has 1 heterocycles. The molecule has 1 aromatic rings. The molecule has 1 rings (SSSR count). The van der Waals surface area contributed by atoms with Crippen molar-refractivity contribution < 1.29 is 4.79 Å². The number of carbonyl (C=O) groups excluding carboxylic acids is 1. The lowest BCUT2D eigenvalue weighted by Gasteiger charge is -2.06. The maximum absolute atomic E-state index is 11.5. The summed E-state index contributed by atoms with van der Waals surface area (Å²) in [6, 6.07) is 0.0860. The Kier molecular flexibility index (Phi) is 6.29. The lowest BCUT2D eigenvalue weighted by molar-refractivity contribution is -0.121. The zero-order chi connectivity index (χ0) is 13.5. The molecule has 18 heavy (non-hydrogen) atoms. The van der Waals surface area contributed by atoms with E-state index in [9.17, 15) is 4.79 Å². The molecule has 1 aromatic heterocycles. The van der Waals surface area contributed by atoms with Crippen molar-refractivity contribution >= 4 is 17.2 Å². The monoisotopic (exact) mass is 269 g/mol. The van der Waals surface area contributed by atoms with E-state index in [0.717, 1.165) is 23.5 Å². The van der Waals surface area contributed by atoms with Crippen LogP contribution < -0.4 is 11.1 Å². The number of nitrogens with two attached hydrogens (primary N) is 1. The highest BCUT2D eigenvalue weighted by Crippen LogP contribution is 2.19. The normalized spacial score (nSPS) is 12.7. The van der Waals surface area contributed by atoms with Gasteiger partial charge in [0.25, 0.3) is 0 Å². The van der Waals surface area contributed by atoms with Crippen molar-refractivity contribution in [1.29, 1.82) is 0 Å². The standard InChI is InChI=1S/C13H23N3OS/c1-9(2)13-16-11(8-18-13)6-7-15-12(17)5-4-10(3)14/h8-10H,4-7,14H2,1-3H3,(H,15,17). The van der Waals surface area contributed by atoms with Crippen LogP contribution in [0.1, 0.15) is 50.2 Å². The number of nitrogens with zero attached hydrogens (tertiary/aromatic N) is 1. The van der Waals surface area contributed by atoms with Gasteiger partial charge in [0, 0.05) is 36.7 Å². The van der Waals surface area contributed by atoms with Crippen LogP contribution in [0.4, 0.5) is 0 Å². The predicted molar refractivity (Wildman–Crippen MR) is 75.8 cm³/mol. The zero-order valence-corrected chi connectivity index (χ0v) is 12.2. The van der Waals surface area contributed by atoms with Gasteiger partial charge in [-0.3, -0.25) is 4.79 Å². The SMILES string of the molecule is CC(N)CCC(=O)NCCc1csc(C(C)C)n1. The third-order valence-corrected chi connectivity index (χ3v) is 3.79. The first-order valence-corrected chi connectivity index (χ1v) is 7.33. The van der Waals surface area contributed by atoms with Crippen molar-refractivity contribution in [2.75, 3.05) is 6.54 Å². The van der Waals surface area contributed by atoms with Gasteiger partial charge in [0.1, 0.15) is 0 Å². The van der Waals surface area contributed by atoms with Gasteiger partial charge in [-0.1, -0.05) is 13.8 Å². The fraction of sp³-hybridized carbons (Fsp3) is 0.692. The highest BCUT2D eigenvalue weighted by molar-refractivity contribution is 7.09. The highest BCUT2D eigenvalue weighted by Gasteiger charge is 2.07. The van der Waals surface area contributed by atoms with Crippen LogP contribution in [-0.4, -0.2) is 23.5 Å². The van der Waals surface area contributed by atoms with Crippen molar-refractivity contribution in [1.82, 2.24) is 10.3 Å². The van der Waals surface area contributed by atoms with Gasteiger partial charge >= 0.3 is 0 Å². The number of aromatic nitrogens is 1. The van der Waals surface area contributed by atoms with E-state index in [4.69, 9.17) is 5.73 Å². The smallest absolute Gasteiger partial charge is 0.220 e. The second-order valence-electron chi connectivity index (χ2n) is 4.95. The predicted octanol–water partition coefficient (Wildman–Crippen LogP) is 2.05. The lowest BCUT2D eigenvalue weighted by atomic mass is 10.2. The number of thiazole rings is 1. The van der Waals surface area contributed by atoms with E-state index >= 15 is 0 Å². The molecule has 0 fully saturated rings. The molecule has 0 aromatic carbocycles. The largest absolute Gasteiger partial charge is 0.356 e. The van der Waals surface area contributed by atoms with E-state index in [2.05, 4.69) is 29.5 Å². The quantitative estimate of drug-likeness (QED) is 0.796. The van der Waals surface area contributed by atoms with Gasteiger partial charge in [-0.15, -0.1) is 11.3 Å². The van der Waals surface area contributed by atoms with E-state index in [0.29, 0.717) is 18.9 Å². The summed E-state index contributed by atoms with van der Waals surface area (Å²) < 4.78 is 0. The zero-order valence-electron chi connectivity index (χ0n) is 11.4. The Labute approximate surface area is 113 Å². The Bertz CT molecular complexity index is 374. The fourth-order valence-electron chi connectivity index (χ4n) is 1.48. The second kappa shape index (κ2) is 7.48. The molecular weight excluding hydrogens is 246 g/mol. The maximum Gasteiger partial charge on any atom is 0.220 e. The first-order chi connectivity index (χ1) is 8.49. The second-order valence-corrected chi connectivity index (χ2v) is 5.84.